The molecule has 0 amide bonds. The Morgan fingerprint density at radius 1 is 0.359 bits per heavy atom. The van der Waals surface area contributed by atoms with Crippen LogP contribution in [0.2, 0.25) is 0 Å². The van der Waals surface area contributed by atoms with Crippen molar-refractivity contribution < 1.29 is 0 Å². The molecule has 1 spiro atoms. The lowest BCUT2D eigenvalue weighted by atomic mass is 9.48. The quantitative estimate of drug-likeness (QED) is 0.162. The monoisotopic (exact) mass is 819 g/mol. The molecule has 0 saturated heterocycles. The van der Waals surface area contributed by atoms with Crippen molar-refractivity contribution in [2.24, 2.45) is 17.8 Å². The van der Waals surface area contributed by atoms with E-state index >= 15 is 0 Å². The molecule has 9 aromatic rings. The van der Waals surface area contributed by atoms with Gasteiger partial charge in [-0.1, -0.05) is 176 Å². The van der Waals surface area contributed by atoms with Crippen LogP contribution in [-0.4, -0.2) is 0 Å². The van der Waals surface area contributed by atoms with Crippen LogP contribution in [0.3, 0.4) is 0 Å². The minimum Gasteiger partial charge on any atom is -0.310 e. The lowest BCUT2D eigenvalue weighted by molar-refractivity contribution is -0.00518. The summed E-state index contributed by atoms with van der Waals surface area (Å²) in [5.41, 5.74) is 20.9. The third-order valence-corrected chi connectivity index (χ3v) is 16.4. The SMILES string of the molecule is c1ccc(-c2cccc3cccc(-c4ccc(N(c5ccc(C67CC8CC(CC(C8)C6)C7)cc5)c5cccc6c5-c5ccccc5C65c6ccccc6-c6ccccc65)cc4)c23)cc1. The van der Waals surface area contributed by atoms with Gasteiger partial charge in [-0.2, -0.15) is 0 Å². The fourth-order valence-electron chi connectivity index (χ4n) is 14.4. The molecule has 15 rings (SSSR count). The Labute approximate surface area is 376 Å². The van der Waals surface area contributed by atoms with E-state index in [0.717, 1.165) is 23.4 Å². The van der Waals surface area contributed by atoms with E-state index in [0.29, 0.717) is 5.41 Å². The molecule has 1 nitrogen and oxygen atoms in total. The maximum absolute atomic E-state index is 2.56. The summed E-state index contributed by atoms with van der Waals surface area (Å²) >= 11 is 0. The standard InChI is InChI=1S/C63H49N/c1-2-13-44(14-3-1)50-20-10-15-46-16-11-21-51(60(46)50)45-27-31-48(32-28-45)64(49-33-29-47(30-34-49)62-38-41-35-42(39-62)37-43(36-41)40-62)59-26-12-25-58-61(59)54-19-6-9-24-57(54)63(58)55-22-7-4-17-52(55)53-18-5-8-23-56(53)63/h1-34,41-43H,35-40H2. The smallest absolute Gasteiger partial charge is 0.0726 e. The molecular weight excluding hydrogens is 771 g/mol. The van der Waals surface area contributed by atoms with Gasteiger partial charge in [-0.3, -0.25) is 0 Å². The van der Waals surface area contributed by atoms with Gasteiger partial charge in [-0.15, -0.1) is 0 Å². The molecule has 6 aliphatic carbocycles. The topological polar surface area (TPSA) is 3.24 Å². The fourth-order valence-corrected chi connectivity index (χ4v) is 14.4. The molecule has 0 N–H and O–H groups in total. The van der Waals surface area contributed by atoms with Crippen molar-refractivity contribution in [3.8, 4) is 44.5 Å². The van der Waals surface area contributed by atoms with Crippen LogP contribution in [0.1, 0.15) is 66.3 Å². The van der Waals surface area contributed by atoms with E-state index in [1.807, 2.05) is 0 Å². The molecule has 64 heavy (non-hydrogen) atoms. The Bertz CT molecular complexity index is 3210. The number of hydrogen-bond donors (Lipinski definition) is 0. The summed E-state index contributed by atoms with van der Waals surface area (Å²) in [5.74, 6) is 2.74. The predicted octanol–water partition coefficient (Wildman–Crippen LogP) is 16.5. The largest absolute Gasteiger partial charge is 0.310 e. The Balaban J connectivity index is 0.961. The first-order valence-corrected chi connectivity index (χ1v) is 23.7. The van der Waals surface area contributed by atoms with Crippen LogP contribution in [0.25, 0.3) is 55.3 Å². The van der Waals surface area contributed by atoms with E-state index in [-0.39, 0.29) is 0 Å². The number of rotatable bonds is 6. The van der Waals surface area contributed by atoms with Gasteiger partial charge in [0.25, 0.3) is 0 Å². The van der Waals surface area contributed by atoms with E-state index in [2.05, 4.69) is 211 Å². The Hall–Kier alpha value is -6.96. The van der Waals surface area contributed by atoms with Gasteiger partial charge >= 0.3 is 0 Å². The zero-order valence-electron chi connectivity index (χ0n) is 36.1. The van der Waals surface area contributed by atoms with Crippen molar-refractivity contribution in [2.45, 2.75) is 49.4 Å². The van der Waals surface area contributed by atoms with Gasteiger partial charge in [0.1, 0.15) is 0 Å². The molecule has 0 heterocycles. The second-order valence-electron chi connectivity index (χ2n) is 19.8. The second kappa shape index (κ2) is 13.8. The lowest BCUT2D eigenvalue weighted by Gasteiger charge is -2.57. The van der Waals surface area contributed by atoms with E-state index in [9.17, 15) is 0 Å². The third-order valence-electron chi connectivity index (χ3n) is 16.4. The van der Waals surface area contributed by atoms with Gasteiger partial charge in [0, 0.05) is 16.9 Å². The summed E-state index contributed by atoms with van der Waals surface area (Å²) in [4.78, 5) is 2.56. The summed E-state index contributed by atoms with van der Waals surface area (Å²) in [6, 6.07) is 78.3. The van der Waals surface area contributed by atoms with Gasteiger partial charge < -0.3 is 4.90 Å². The molecule has 6 aliphatic rings. The highest BCUT2D eigenvalue weighted by Gasteiger charge is 2.53. The highest BCUT2D eigenvalue weighted by Crippen LogP contribution is 2.65. The molecule has 0 aliphatic heterocycles. The summed E-state index contributed by atoms with van der Waals surface area (Å²) in [6.07, 6.45) is 8.51. The highest BCUT2D eigenvalue weighted by molar-refractivity contribution is 6.07. The van der Waals surface area contributed by atoms with Crippen molar-refractivity contribution in [3.05, 3.63) is 234 Å². The molecule has 0 unspecified atom stereocenters. The maximum atomic E-state index is 2.56. The summed E-state index contributed by atoms with van der Waals surface area (Å²) < 4.78 is 0. The lowest BCUT2D eigenvalue weighted by Crippen LogP contribution is -2.48. The van der Waals surface area contributed by atoms with Gasteiger partial charge in [0.15, 0.2) is 0 Å². The zero-order chi connectivity index (χ0) is 42.0. The van der Waals surface area contributed by atoms with E-state index in [4.69, 9.17) is 0 Å². The second-order valence-corrected chi connectivity index (χ2v) is 19.8. The number of fused-ring (bicyclic) bond motifs is 11. The molecule has 4 saturated carbocycles. The van der Waals surface area contributed by atoms with Gasteiger partial charge in [0.05, 0.1) is 11.1 Å². The van der Waals surface area contributed by atoms with Crippen LogP contribution < -0.4 is 4.90 Å². The van der Waals surface area contributed by atoms with E-state index in [1.54, 1.807) is 5.56 Å². The number of anilines is 3. The molecule has 0 atom stereocenters. The predicted molar refractivity (Wildman–Crippen MR) is 266 cm³/mol. The Morgan fingerprint density at radius 3 is 1.41 bits per heavy atom. The summed E-state index contributed by atoms with van der Waals surface area (Å²) in [5, 5.41) is 2.55. The molecule has 306 valence electrons. The van der Waals surface area contributed by atoms with Crippen LogP contribution >= 0.6 is 0 Å². The summed E-state index contributed by atoms with van der Waals surface area (Å²) in [7, 11) is 0. The van der Waals surface area contributed by atoms with Crippen LogP contribution in [0.4, 0.5) is 17.1 Å². The number of benzene rings is 9. The maximum Gasteiger partial charge on any atom is 0.0726 e. The highest BCUT2D eigenvalue weighted by atomic mass is 15.1. The van der Waals surface area contributed by atoms with Gasteiger partial charge in [0.2, 0.25) is 0 Å². The van der Waals surface area contributed by atoms with Gasteiger partial charge in [-0.25, -0.2) is 0 Å². The van der Waals surface area contributed by atoms with Crippen LogP contribution in [-0.2, 0) is 10.8 Å². The molecule has 4 bridgehead atoms. The van der Waals surface area contributed by atoms with Crippen molar-refractivity contribution in [2.75, 3.05) is 4.90 Å². The molecule has 1 heteroatoms. The van der Waals surface area contributed by atoms with Crippen LogP contribution in [0.5, 0.6) is 0 Å². The first-order chi connectivity index (χ1) is 31.7. The minimum absolute atomic E-state index is 0.347. The van der Waals surface area contributed by atoms with E-state index < -0.39 is 5.41 Å². The third kappa shape index (κ3) is 5.13. The van der Waals surface area contributed by atoms with Crippen molar-refractivity contribution in [1.82, 2.24) is 0 Å². The molecule has 9 aromatic carbocycles. The fraction of sp³-hybridized carbons (Fsp3) is 0.175. The average molecular weight is 820 g/mol. The Kier molecular flexibility index (Phi) is 7.86. The van der Waals surface area contributed by atoms with Crippen molar-refractivity contribution in [1.29, 1.82) is 0 Å². The van der Waals surface area contributed by atoms with Crippen molar-refractivity contribution >= 4 is 27.8 Å². The minimum atomic E-state index is -0.405. The van der Waals surface area contributed by atoms with E-state index in [1.165, 1.54) is 127 Å². The first-order valence-electron chi connectivity index (χ1n) is 23.7. The first kappa shape index (κ1) is 36.5. The van der Waals surface area contributed by atoms with Crippen molar-refractivity contribution in [3.63, 3.8) is 0 Å². The summed E-state index contributed by atoms with van der Waals surface area (Å²) in [6.45, 7) is 0. The zero-order valence-corrected chi connectivity index (χ0v) is 36.1. The molecular formula is C63H49N. The normalized spacial score (nSPS) is 21.4. The molecule has 4 fully saturated rings. The van der Waals surface area contributed by atoms with Gasteiger partial charge in [-0.05, 0) is 170 Å². The van der Waals surface area contributed by atoms with Crippen LogP contribution in [0.15, 0.2) is 206 Å². The average Bonchev–Trinajstić information content (AvgIpc) is 3.82. The Morgan fingerprint density at radius 2 is 0.812 bits per heavy atom. The number of nitrogens with zero attached hydrogens (tertiary/aromatic N) is 1. The molecule has 0 aromatic heterocycles. The number of hydrogen-bond acceptors (Lipinski definition) is 1. The van der Waals surface area contributed by atoms with Crippen LogP contribution in [0, 0.1) is 17.8 Å². The molecule has 0 radical (unpaired) electrons.